The van der Waals surface area contributed by atoms with Crippen LogP contribution in [-0.2, 0) is 14.8 Å². The number of sulfonamides is 1. The summed E-state index contributed by atoms with van der Waals surface area (Å²) in [6, 6.07) is 0. The molecule has 1 heterocycles. The SMILES string of the molecule is CCNCCS(=O)(=O)NC1(C)CCCOC1. The first-order valence-electron chi connectivity index (χ1n) is 5.77. The quantitative estimate of drug-likeness (QED) is 0.655. The lowest BCUT2D eigenvalue weighted by Crippen LogP contribution is -2.52. The Morgan fingerprint density at radius 3 is 2.75 bits per heavy atom. The Morgan fingerprint density at radius 1 is 1.44 bits per heavy atom. The van der Waals surface area contributed by atoms with E-state index in [1.54, 1.807) is 0 Å². The smallest absolute Gasteiger partial charge is 0.213 e. The monoisotopic (exact) mass is 250 g/mol. The summed E-state index contributed by atoms with van der Waals surface area (Å²) >= 11 is 0. The fourth-order valence-corrected chi connectivity index (χ4v) is 3.25. The molecule has 0 amide bonds. The predicted molar refractivity (Wildman–Crippen MR) is 63.9 cm³/mol. The summed E-state index contributed by atoms with van der Waals surface area (Å²) in [5, 5.41) is 3.00. The second-order valence-electron chi connectivity index (χ2n) is 4.49. The van der Waals surface area contributed by atoms with E-state index in [1.807, 2.05) is 13.8 Å². The Morgan fingerprint density at radius 2 is 2.19 bits per heavy atom. The number of hydrogen-bond donors (Lipinski definition) is 2. The van der Waals surface area contributed by atoms with E-state index in [9.17, 15) is 8.42 Å². The minimum atomic E-state index is -3.20. The Balaban J connectivity index is 2.44. The van der Waals surface area contributed by atoms with Gasteiger partial charge < -0.3 is 10.1 Å². The van der Waals surface area contributed by atoms with E-state index in [-0.39, 0.29) is 5.75 Å². The van der Waals surface area contributed by atoms with E-state index in [4.69, 9.17) is 4.74 Å². The molecule has 0 bridgehead atoms. The second kappa shape index (κ2) is 5.95. The second-order valence-corrected chi connectivity index (χ2v) is 6.33. The lowest BCUT2D eigenvalue weighted by molar-refractivity contribution is 0.0386. The summed E-state index contributed by atoms with van der Waals surface area (Å²) in [6.45, 7) is 6.33. The van der Waals surface area contributed by atoms with Gasteiger partial charge >= 0.3 is 0 Å². The van der Waals surface area contributed by atoms with Crippen LogP contribution >= 0.6 is 0 Å². The minimum Gasteiger partial charge on any atom is -0.380 e. The van der Waals surface area contributed by atoms with Crippen LogP contribution in [-0.4, -0.2) is 46.0 Å². The lowest BCUT2D eigenvalue weighted by Gasteiger charge is -2.33. The number of ether oxygens (including phenoxy) is 1. The van der Waals surface area contributed by atoms with Crippen molar-refractivity contribution in [3.63, 3.8) is 0 Å². The zero-order chi connectivity index (χ0) is 12.1. The Bertz CT molecular complexity index is 297. The van der Waals surface area contributed by atoms with Crippen molar-refractivity contribution in [2.75, 3.05) is 32.1 Å². The van der Waals surface area contributed by atoms with Gasteiger partial charge in [-0.25, -0.2) is 13.1 Å². The van der Waals surface area contributed by atoms with E-state index >= 15 is 0 Å². The molecule has 0 spiro atoms. The van der Waals surface area contributed by atoms with Gasteiger partial charge in [-0.05, 0) is 26.3 Å². The molecule has 1 fully saturated rings. The lowest BCUT2D eigenvalue weighted by atomic mass is 9.97. The van der Waals surface area contributed by atoms with Gasteiger partial charge in [0.05, 0.1) is 17.9 Å². The van der Waals surface area contributed by atoms with Crippen molar-refractivity contribution in [2.24, 2.45) is 0 Å². The molecule has 0 saturated carbocycles. The van der Waals surface area contributed by atoms with Crippen LogP contribution in [0.25, 0.3) is 0 Å². The van der Waals surface area contributed by atoms with Crippen LogP contribution in [0, 0.1) is 0 Å². The van der Waals surface area contributed by atoms with Crippen molar-refractivity contribution >= 4 is 10.0 Å². The fourth-order valence-electron chi connectivity index (χ4n) is 1.82. The molecule has 6 heteroatoms. The predicted octanol–water partition coefficient (Wildman–Crippen LogP) is 0.0844. The van der Waals surface area contributed by atoms with Gasteiger partial charge in [-0.3, -0.25) is 0 Å². The number of nitrogens with one attached hydrogen (secondary N) is 2. The summed E-state index contributed by atoms with van der Waals surface area (Å²) in [6.07, 6.45) is 1.75. The van der Waals surface area contributed by atoms with E-state index in [0.29, 0.717) is 13.2 Å². The van der Waals surface area contributed by atoms with Crippen molar-refractivity contribution in [3.05, 3.63) is 0 Å². The Kier molecular flexibility index (Phi) is 5.17. The van der Waals surface area contributed by atoms with Gasteiger partial charge in [-0.15, -0.1) is 0 Å². The Hall–Kier alpha value is -0.170. The normalized spacial score (nSPS) is 26.9. The van der Waals surface area contributed by atoms with Crippen molar-refractivity contribution < 1.29 is 13.2 Å². The van der Waals surface area contributed by atoms with Crippen molar-refractivity contribution in [1.82, 2.24) is 10.0 Å². The maximum Gasteiger partial charge on any atom is 0.213 e. The third kappa shape index (κ3) is 4.78. The van der Waals surface area contributed by atoms with E-state index in [2.05, 4.69) is 10.0 Å². The molecule has 0 aromatic heterocycles. The first kappa shape index (κ1) is 13.9. The molecule has 1 unspecified atom stereocenters. The van der Waals surface area contributed by atoms with E-state index in [1.165, 1.54) is 0 Å². The van der Waals surface area contributed by atoms with Crippen LogP contribution in [0.4, 0.5) is 0 Å². The van der Waals surface area contributed by atoms with Gasteiger partial charge in [0.15, 0.2) is 0 Å². The largest absolute Gasteiger partial charge is 0.380 e. The molecule has 1 aliphatic rings. The zero-order valence-electron chi connectivity index (χ0n) is 10.1. The molecule has 1 aliphatic heterocycles. The first-order valence-corrected chi connectivity index (χ1v) is 7.43. The molecule has 96 valence electrons. The Labute approximate surface area is 98.0 Å². The molecular weight excluding hydrogens is 228 g/mol. The van der Waals surface area contributed by atoms with Crippen molar-refractivity contribution in [1.29, 1.82) is 0 Å². The van der Waals surface area contributed by atoms with E-state index < -0.39 is 15.6 Å². The molecule has 1 atom stereocenters. The van der Waals surface area contributed by atoms with Crippen LogP contribution in [0.3, 0.4) is 0 Å². The highest BCUT2D eigenvalue weighted by molar-refractivity contribution is 7.89. The molecule has 0 aliphatic carbocycles. The number of hydrogen-bond acceptors (Lipinski definition) is 4. The molecule has 1 rings (SSSR count). The average Bonchev–Trinajstić information content (AvgIpc) is 2.17. The summed E-state index contributed by atoms with van der Waals surface area (Å²) in [4.78, 5) is 0. The molecular formula is C10H22N2O3S. The maximum atomic E-state index is 11.8. The molecule has 2 N–H and O–H groups in total. The van der Waals surface area contributed by atoms with Crippen LogP contribution in [0.5, 0.6) is 0 Å². The minimum absolute atomic E-state index is 0.121. The third-order valence-corrected chi connectivity index (χ3v) is 4.18. The highest BCUT2D eigenvalue weighted by atomic mass is 32.2. The van der Waals surface area contributed by atoms with Gasteiger partial charge in [-0.1, -0.05) is 6.92 Å². The van der Waals surface area contributed by atoms with Crippen molar-refractivity contribution in [3.8, 4) is 0 Å². The van der Waals surface area contributed by atoms with Gasteiger partial charge in [0, 0.05) is 13.2 Å². The number of rotatable bonds is 6. The summed E-state index contributed by atoms with van der Waals surface area (Å²) in [5.41, 5.74) is -0.427. The van der Waals surface area contributed by atoms with Gasteiger partial charge in [-0.2, -0.15) is 0 Å². The highest BCUT2D eigenvalue weighted by Gasteiger charge is 2.31. The topological polar surface area (TPSA) is 67.4 Å². The molecule has 0 aromatic rings. The zero-order valence-corrected chi connectivity index (χ0v) is 10.9. The molecule has 0 radical (unpaired) electrons. The summed E-state index contributed by atoms with van der Waals surface area (Å²) < 4.78 is 31.6. The molecule has 1 saturated heterocycles. The summed E-state index contributed by atoms with van der Waals surface area (Å²) in [5.74, 6) is 0.121. The van der Waals surface area contributed by atoms with Crippen LogP contribution < -0.4 is 10.0 Å². The third-order valence-electron chi connectivity index (χ3n) is 2.64. The van der Waals surface area contributed by atoms with Gasteiger partial charge in [0.1, 0.15) is 0 Å². The molecule has 16 heavy (non-hydrogen) atoms. The van der Waals surface area contributed by atoms with E-state index in [0.717, 1.165) is 26.0 Å². The van der Waals surface area contributed by atoms with Gasteiger partial charge in [0.25, 0.3) is 0 Å². The average molecular weight is 250 g/mol. The standard InChI is InChI=1S/C10H22N2O3S/c1-3-11-6-8-16(13,14)12-10(2)5-4-7-15-9-10/h11-12H,3-9H2,1-2H3. The fraction of sp³-hybridized carbons (Fsp3) is 1.00. The van der Waals surface area contributed by atoms with Crippen LogP contribution in [0.15, 0.2) is 0 Å². The maximum absolute atomic E-state index is 11.8. The summed E-state index contributed by atoms with van der Waals surface area (Å²) in [7, 11) is -3.20. The highest BCUT2D eigenvalue weighted by Crippen LogP contribution is 2.19. The van der Waals surface area contributed by atoms with Crippen molar-refractivity contribution in [2.45, 2.75) is 32.2 Å². The first-order chi connectivity index (χ1) is 7.47. The molecule has 0 aromatic carbocycles. The van der Waals surface area contributed by atoms with Gasteiger partial charge in [0.2, 0.25) is 10.0 Å². The van der Waals surface area contributed by atoms with Crippen LogP contribution in [0.1, 0.15) is 26.7 Å². The van der Waals surface area contributed by atoms with Crippen LogP contribution in [0.2, 0.25) is 0 Å². The molecule has 5 nitrogen and oxygen atoms in total.